The molecule has 0 spiro atoms. The number of nitrogens with zero attached hydrogens (tertiary/aromatic N) is 2. The quantitative estimate of drug-likeness (QED) is 0.0572. The van der Waals surface area contributed by atoms with Crippen LogP contribution in [0, 0.1) is 31.6 Å². The average molecular weight is 903 g/mol. The third-order valence-corrected chi connectivity index (χ3v) is 15.0. The molecule has 0 saturated carbocycles. The van der Waals surface area contributed by atoms with Crippen LogP contribution in [0.15, 0.2) is 36.4 Å². The summed E-state index contributed by atoms with van der Waals surface area (Å²) in [5, 5.41) is 12.5. The summed E-state index contributed by atoms with van der Waals surface area (Å²) < 4.78 is 11.2. The Morgan fingerprint density at radius 1 is 0.894 bits per heavy atom. The molecular weight excluding hydrogens is 829 g/mol. The minimum absolute atomic E-state index is 0.108. The maximum absolute atomic E-state index is 14.0. The lowest BCUT2D eigenvalue weighted by atomic mass is 9.81. The van der Waals surface area contributed by atoms with Gasteiger partial charge >= 0.3 is 11.9 Å². The predicted octanol–water partition coefficient (Wildman–Crippen LogP) is 12.7. The fraction of sp³-hybridized carbons (Fsp3) is 0.564. The van der Waals surface area contributed by atoms with Crippen molar-refractivity contribution in [3.8, 4) is 0 Å². The Labute approximate surface area is 391 Å². The predicted molar refractivity (Wildman–Crippen MR) is 263 cm³/mol. The summed E-state index contributed by atoms with van der Waals surface area (Å²) in [5.74, 6) is -1.70. The standard InChI is InChI=1S/C55H74N4O7/c1-13-39-35(8)42-28-44-37(10)41(24-25-48(60)64-27-26-34(7)23-17-22-33(6)21-16-20-32(5)19-15-18-31(3)4)51(58-44)50-52-49(55(62)54(50,65-66-55)53(61)63-12)38(11)45(59-52)30-47-40(14-2)36(9)43(57-47)29-46(39)56-42/h13,26,28-33,37,41,56-57,62H,1,14-25,27H2,2-12H3/b34-26+,42-28?,43-29?,44-28?,45-30?,46-29?,47-30?,51-50?/t32-,33-,37+,41+,54+,55+/m1/s1. The highest BCUT2D eigenvalue weighted by Crippen LogP contribution is 2.65. The number of aryl methyl sites for hydroxylation is 3. The van der Waals surface area contributed by atoms with Crippen molar-refractivity contribution < 1.29 is 33.9 Å². The molecule has 8 bridgehead atoms. The van der Waals surface area contributed by atoms with Crippen LogP contribution in [0.2, 0.25) is 0 Å². The lowest BCUT2D eigenvalue weighted by molar-refractivity contribution is -0.576. The van der Waals surface area contributed by atoms with Gasteiger partial charge in [0.25, 0.3) is 11.4 Å². The molecule has 0 aromatic carbocycles. The Morgan fingerprint density at radius 3 is 2.20 bits per heavy atom. The molecule has 0 radical (unpaired) electrons. The lowest BCUT2D eigenvalue weighted by Crippen LogP contribution is -2.66. The van der Waals surface area contributed by atoms with Crippen LogP contribution in [0.25, 0.3) is 39.3 Å². The number of methoxy groups -OCH3 is 1. The number of H-pyrrole nitrogens is 2. The van der Waals surface area contributed by atoms with Gasteiger partial charge in [-0.25, -0.2) is 14.7 Å². The SMILES string of the molecule is C=Cc1c(C)c2cc3nc(c4c5nc(cc6[nH]c(cc1[nH]2)c(C)c6CC)C(C)=C5[C@]1(O)OO[C@]41C(=O)OC)[C@@H](CCC(=O)OC/C=C(\C)CCC[C@H](C)CCC[C@H](C)CCCC(C)C)[C@@H]3C. The van der Waals surface area contributed by atoms with Crippen LogP contribution in [0.5, 0.6) is 0 Å². The van der Waals surface area contributed by atoms with E-state index < -0.39 is 23.3 Å². The maximum Gasteiger partial charge on any atom is 0.352 e. The largest absolute Gasteiger partial charge is 0.466 e. The van der Waals surface area contributed by atoms with Crippen molar-refractivity contribution in [1.82, 2.24) is 19.9 Å². The summed E-state index contributed by atoms with van der Waals surface area (Å²) in [6, 6.07) is 6.12. The molecule has 3 N–H and O–H groups in total. The Morgan fingerprint density at radius 2 is 1.56 bits per heavy atom. The van der Waals surface area contributed by atoms with Gasteiger partial charge in [0.05, 0.1) is 29.8 Å². The average Bonchev–Trinajstić information content (AvgIpc) is 3.98. The Balaban J connectivity index is 1.15. The van der Waals surface area contributed by atoms with Crippen LogP contribution in [0.4, 0.5) is 0 Å². The second-order valence-corrected chi connectivity index (χ2v) is 20.2. The van der Waals surface area contributed by atoms with Gasteiger partial charge in [-0.3, -0.25) is 9.78 Å². The fourth-order valence-corrected chi connectivity index (χ4v) is 10.8. The van der Waals surface area contributed by atoms with Gasteiger partial charge in [0.1, 0.15) is 6.61 Å². The summed E-state index contributed by atoms with van der Waals surface area (Å²) in [4.78, 5) is 56.6. The molecule has 4 aliphatic rings. The molecule has 11 nitrogen and oxygen atoms in total. The third kappa shape index (κ3) is 9.12. The van der Waals surface area contributed by atoms with Crippen molar-refractivity contribution >= 4 is 51.2 Å². The van der Waals surface area contributed by atoms with Crippen molar-refractivity contribution in [2.24, 2.45) is 17.8 Å². The van der Waals surface area contributed by atoms with Crippen LogP contribution in [0.1, 0.15) is 188 Å². The van der Waals surface area contributed by atoms with E-state index in [4.69, 9.17) is 29.2 Å². The van der Waals surface area contributed by atoms with E-state index >= 15 is 0 Å². The Bertz CT molecular complexity index is 2580. The van der Waals surface area contributed by atoms with Crippen LogP contribution < -0.4 is 0 Å². The maximum atomic E-state index is 14.0. The zero-order chi connectivity index (χ0) is 47.7. The minimum atomic E-state index is -2.23. The summed E-state index contributed by atoms with van der Waals surface area (Å²) in [5.41, 5.74) is 10.4. The van der Waals surface area contributed by atoms with Crippen molar-refractivity contribution in [3.63, 3.8) is 0 Å². The van der Waals surface area contributed by atoms with E-state index in [1.54, 1.807) is 0 Å². The number of fused-ring (bicyclic) bond motifs is 11. The van der Waals surface area contributed by atoms with Gasteiger partial charge in [0, 0.05) is 57.2 Å². The van der Waals surface area contributed by atoms with Crippen LogP contribution >= 0.6 is 0 Å². The number of ether oxygens (including phenoxy) is 2. The van der Waals surface area contributed by atoms with E-state index in [1.165, 1.54) is 57.6 Å². The van der Waals surface area contributed by atoms with Gasteiger partial charge in [-0.2, -0.15) is 4.89 Å². The first-order chi connectivity index (χ1) is 31.5. The monoisotopic (exact) mass is 903 g/mol. The third-order valence-electron chi connectivity index (χ3n) is 15.0. The Kier molecular flexibility index (Phi) is 15.0. The van der Waals surface area contributed by atoms with Crippen molar-refractivity contribution in [2.75, 3.05) is 13.7 Å². The molecule has 7 rings (SSSR count). The van der Waals surface area contributed by atoms with E-state index in [1.807, 2.05) is 31.2 Å². The van der Waals surface area contributed by atoms with Crippen molar-refractivity contribution in [3.05, 3.63) is 87.0 Å². The van der Waals surface area contributed by atoms with E-state index in [-0.39, 0.29) is 30.5 Å². The van der Waals surface area contributed by atoms with Crippen LogP contribution in [-0.4, -0.2) is 56.5 Å². The number of carbonyl (C=O) groups is 2. The molecule has 6 atom stereocenters. The van der Waals surface area contributed by atoms with Gasteiger partial charge in [0.2, 0.25) is 0 Å². The molecule has 11 heteroatoms. The number of aliphatic hydroxyl groups is 1. The molecule has 3 aromatic heterocycles. The smallest absolute Gasteiger partial charge is 0.352 e. The van der Waals surface area contributed by atoms with E-state index in [0.29, 0.717) is 40.6 Å². The van der Waals surface area contributed by atoms with E-state index in [2.05, 4.69) is 84.9 Å². The number of esters is 2. The summed E-state index contributed by atoms with van der Waals surface area (Å²) in [7, 11) is 1.25. The van der Waals surface area contributed by atoms with Crippen LogP contribution in [-0.2, 0) is 40.9 Å². The first-order valence-corrected chi connectivity index (χ1v) is 24.6. The highest BCUT2D eigenvalue weighted by Gasteiger charge is 2.80. The molecule has 0 amide bonds. The van der Waals surface area contributed by atoms with Gasteiger partial charge in [-0.05, 0) is 118 Å². The first-order valence-electron chi connectivity index (χ1n) is 24.6. The normalized spacial score (nSPS) is 22.0. The summed E-state index contributed by atoms with van der Waals surface area (Å²) in [6.45, 7) is 26.1. The molecular formula is C55H74N4O7. The summed E-state index contributed by atoms with van der Waals surface area (Å²) in [6.07, 6.45) is 16.3. The highest BCUT2D eigenvalue weighted by molar-refractivity contribution is 6.05. The lowest BCUT2D eigenvalue weighted by Gasteiger charge is -2.46. The number of hydrogen-bond donors (Lipinski definition) is 3. The molecule has 1 saturated heterocycles. The second kappa shape index (κ2) is 20.2. The summed E-state index contributed by atoms with van der Waals surface area (Å²) >= 11 is 0. The van der Waals surface area contributed by atoms with Crippen molar-refractivity contribution in [2.45, 2.75) is 170 Å². The molecule has 0 unspecified atom stereocenters. The number of rotatable bonds is 20. The van der Waals surface area contributed by atoms with Crippen molar-refractivity contribution in [1.29, 1.82) is 0 Å². The fourth-order valence-electron chi connectivity index (χ4n) is 10.8. The first kappa shape index (κ1) is 49.1. The molecule has 1 fully saturated rings. The molecule has 356 valence electrons. The van der Waals surface area contributed by atoms with Gasteiger partial charge < -0.3 is 24.5 Å². The topological polar surface area (TPSA) is 149 Å². The molecule has 3 aromatic rings. The zero-order valence-electron chi connectivity index (χ0n) is 41.5. The number of nitrogens with one attached hydrogen (secondary N) is 2. The van der Waals surface area contributed by atoms with E-state index in [0.717, 1.165) is 81.1 Å². The second-order valence-electron chi connectivity index (χ2n) is 20.2. The minimum Gasteiger partial charge on any atom is -0.466 e. The number of hydrogen-bond acceptors (Lipinski definition) is 9. The number of aromatic nitrogens is 4. The number of carbonyl (C=O) groups excluding carboxylic acids is 2. The van der Waals surface area contributed by atoms with Gasteiger partial charge in [-0.15, -0.1) is 0 Å². The zero-order valence-corrected chi connectivity index (χ0v) is 41.5. The molecule has 1 aliphatic carbocycles. The molecule has 66 heavy (non-hydrogen) atoms. The van der Waals surface area contributed by atoms with Gasteiger partial charge in [-0.1, -0.05) is 105 Å². The van der Waals surface area contributed by atoms with Crippen LogP contribution in [0.3, 0.4) is 0 Å². The number of allylic oxidation sites excluding steroid dienone is 2. The van der Waals surface area contributed by atoms with E-state index in [9.17, 15) is 14.7 Å². The molecule has 6 heterocycles. The Hall–Kier alpha value is -4.84. The molecule has 3 aliphatic heterocycles. The van der Waals surface area contributed by atoms with Gasteiger partial charge in [0.15, 0.2) is 0 Å². The number of aromatic amines is 2. The highest BCUT2D eigenvalue weighted by atomic mass is 17.3.